The summed E-state index contributed by atoms with van der Waals surface area (Å²) in [6, 6.07) is 0. The average Bonchev–Trinajstić information content (AvgIpc) is 1.86. The molecule has 0 bridgehead atoms. The molecule has 0 N–H and O–H groups in total. The van der Waals surface area contributed by atoms with Crippen molar-refractivity contribution < 1.29 is 0 Å². The second-order valence-corrected chi connectivity index (χ2v) is 6.29. The number of hydrogen-bond donors (Lipinski definition) is 0. The quantitative estimate of drug-likeness (QED) is 0.511. The van der Waals surface area contributed by atoms with Gasteiger partial charge in [-0.25, -0.2) is 0 Å². The van der Waals surface area contributed by atoms with E-state index in [0.717, 1.165) is 0 Å². The van der Waals surface area contributed by atoms with Crippen molar-refractivity contribution in [3.8, 4) is 0 Å². The Morgan fingerprint density at radius 3 is 1.83 bits per heavy atom. The Bertz CT molecular complexity index is 80.1. The van der Waals surface area contributed by atoms with Crippen LogP contribution >= 0.6 is 0 Å². The summed E-state index contributed by atoms with van der Waals surface area (Å²) in [5.74, 6) is 0. The van der Waals surface area contributed by atoms with Crippen LogP contribution in [0.25, 0.3) is 0 Å². The topological polar surface area (TPSA) is 0 Å². The van der Waals surface area contributed by atoms with Gasteiger partial charge in [-0.2, -0.15) is 0 Å². The fourth-order valence-electron chi connectivity index (χ4n) is 0.384. The van der Waals surface area contributed by atoms with Crippen molar-refractivity contribution in [1.29, 1.82) is 0 Å². The zero-order valence-electron chi connectivity index (χ0n) is 3.72. The molecular formula is C5H7Te. The Labute approximate surface area is 45.2 Å². The molecule has 0 aromatic rings. The van der Waals surface area contributed by atoms with Crippen LogP contribution in [0.15, 0.2) is 20.4 Å². The van der Waals surface area contributed by atoms with Crippen LogP contribution in [0.5, 0.6) is 0 Å². The van der Waals surface area contributed by atoms with Crippen molar-refractivity contribution in [2.75, 3.05) is 0 Å². The van der Waals surface area contributed by atoms with Gasteiger partial charge in [-0.3, -0.25) is 0 Å². The summed E-state index contributed by atoms with van der Waals surface area (Å²) in [6.07, 6.45) is 4.30. The average molecular weight is 195 g/mol. The van der Waals surface area contributed by atoms with E-state index >= 15 is 0 Å². The van der Waals surface area contributed by atoms with Gasteiger partial charge in [0.25, 0.3) is 0 Å². The molecule has 1 aliphatic rings. The van der Waals surface area contributed by atoms with E-state index in [1.54, 1.807) is 0 Å². The molecule has 0 atom stereocenters. The molecule has 0 spiro atoms. The Balaban J connectivity index is 2.60. The molecule has 0 fully saturated rings. The minimum absolute atomic E-state index is 0.656. The van der Waals surface area contributed by atoms with Crippen LogP contribution in [0.1, 0.15) is 0 Å². The van der Waals surface area contributed by atoms with E-state index in [2.05, 4.69) is 25.4 Å². The summed E-state index contributed by atoms with van der Waals surface area (Å²) < 4.78 is 4.67. The number of allylic oxidation sites excluding steroid dienone is 2. The summed E-state index contributed by atoms with van der Waals surface area (Å²) in [7, 11) is 0. The van der Waals surface area contributed by atoms with Crippen molar-refractivity contribution in [1.82, 2.24) is 0 Å². The summed E-state index contributed by atoms with van der Waals surface area (Å²) in [5, 5.41) is 0. The maximum atomic E-state index is 2.34. The summed E-state index contributed by atoms with van der Waals surface area (Å²) in [4.78, 5) is 2.34. The molecule has 1 aliphatic heterocycles. The standard InChI is InChI=1S/C5H7Te/c1-6-4-2-3-5-6/h2-5H,1H3. The van der Waals surface area contributed by atoms with Gasteiger partial charge < -0.3 is 0 Å². The summed E-state index contributed by atoms with van der Waals surface area (Å²) in [5.41, 5.74) is 0. The molecule has 6 heavy (non-hydrogen) atoms. The molecule has 1 rings (SSSR count). The third-order valence-corrected chi connectivity index (χ3v) is 4.05. The van der Waals surface area contributed by atoms with Crippen LogP contribution in [0.2, 0.25) is 4.97 Å². The molecule has 0 nitrogen and oxygen atoms in total. The van der Waals surface area contributed by atoms with Gasteiger partial charge in [0.2, 0.25) is 0 Å². The number of hydrogen-bond acceptors (Lipinski definition) is 0. The van der Waals surface area contributed by atoms with Crippen LogP contribution in [0, 0.1) is 0 Å². The van der Waals surface area contributed by atoms with Crippen LogP contribution in [0.3, 0.4) is 0 Å². The van der Waals surface area contributed by atoms with Crippen molar-refractivity contribution in [2.24, 2.45) is 0 Å². The molecule has 1 radical (unpaired) electrons. The SMILES string of the molecule is C[Te]1C=CC=C1. The Hall–Kier alpha value is 0.270. The molecule has 1 heterocycles. The molecule has 1 heteroatoms. The van der Waals surface area contributed by atoms with E-state index in [4.69, 9.17) is 0 Å². The first kappa shape index (κ1) is 4.43. The molecule has 0 aromatic carbocycles. The van der Waals surface area contributed by atoms with Crippen LogP contribution < -0.4 is 0 Å². The second-order valence-electron chi connectivity index (χ2n) is 1.26. The van der Waals surface area contributed by atoms with Gasteiger partial charge in [0.05, 0.1) is 0 Å². The van der Waals surface area contributed by atoms with Gasteiger partial charge in [-0.1, -0.05) is 0 Å². The first-order valence-electron chi connectivity index (χ1n) is 1.88. The molecular weight excluding hydrogens is 188 g/mol. The van der Waals surface area contributed by atoms with Crippen LogP contribution in [-0.4, -0.2) is 19.6 Å². The first-order chi connectivity index (χ1) is 2.89. The van der Waals surface area contributed by atoms with Gasteiger partial charge in [-0.05, 0) is 0 Å². The van der Waals surface area contributed by atoms with Gasteiger partial charge in [-0.15, -0.1) is 0 Å². The fraction of sp³-hybridized carbons (Fsp3) is 0.200. The van der Waals surface area contributed by atoms with Crippen molar-refractivity contribution in [2.45, 2.75) is 4.97 Å². The second kappa shape index (κ2) is 1.82. The van der Waals surface area contributed by atoms with Crippen molar-refractivity contribution >= 4 is 19.6 Å². The summed E-state index contributed by atoms with van der Waals surface area (Å²) >= 11 is -0.656. The van der Waals surface area contributed by atoms with E-state index < -0.39 is 19.6 Å². The monoisotopic (exact) mass is 197 g/mol. The Morgan fingerprint density at radius 1 is 1.17 bits per heavy atom. The molecule has 0 unspecified atom stereocenters. The molecule has 33 valence electrons. The molecule has 0 saturated heterocycles. The van der Waals surface area contributed by atoms with E-state index in [0.29, 0.717) is 0 Å². The van der Waals surface area contributed by atoms with Crippen LogP contribution in [-0.2, 0) is 0 Å². The molecule has 0 aromatic heterocycles. The van der Waals surface area contributed by atoms with E-state index in [1.165, 1.54) is 0 Å². The third kappa shape index (κ3) is 0.864. The first-order valence-corrected chi connectivity index (χ1v) is 6.90. The van der Waals surface area contributed by atoms with Crippen molar-refractivity contribution in [3.05, 3.63) is 20.4 Å². The van der Waals surface area contributed by atoms with Gasteiger partial charge in [0.1, 0.15) is 0 Å². The fourth-order valence-corrected chi connectivity index (χ4v) is 2.58. The molecule has 0 saturated carbocycles. The molecule has 0 amide bonds. The zero-order chi connectivity index (χ0) is 4.41. The third-order valence-electron chi connectivity index (χ3n) is 0.698. The van der Waals surface area contributed by atoms with E-state index in [-0.39, 0.29) is 0 Å². The predicted octanol–water partition coefficient (Wildman–Crippen LogP) is 1.32. The van der Waals surface area contributed by atoms with Crippen molar-refractivity contribution in [3.63, 3.8) is 0 Å². The predicted molar refractivity (Wildman–Crippen MR) is 29.9 cm³/mol. The maximum absolute atomic E-state index is 2.34. The number of rotatable bonds is 0. The zero-order valence-corrected chi connectivity index (χ0v) is 6.05. The van der Waals surface area contributed by atoms with E-state index in [1.807, 2.05) is 0 Å². The van der Waals surface area contributed by atoms with Gasteiger partial charge >= 0.3 is 44.9 Å². The minimum atomic E-state index is -0.656. The normalized spacial score (nSPS) is 20.2. The summed E-state index contributed by atoms with van der Waals surface area (Å²) in [6.45, 7) is 0. The van der Waals surface area contributed by atoms with Gasteiger partial charge in [0, 0.05) is 0 Å². The van der Waals surface area contributed by atoms with Gasteiger partial charge in [0.15, 0.2) is 0 Å². The van der Waals surface area contributed by atoms with Crippen LogP contribution in [0.4, 0.5) is 0 Å². The Kier molecular flexibility index (Phi) is 1.34. The Morgan fingerprint density at radius 2 is 1.67 bits per heavy atom. The molecule has 0 aliphatic carbocycles. The van der Waals surface area contributed by atoms with E-state index in [9.17, 15) is 0 Å².